The van der Waals surface area contributed by atoms with Crippen molar-refractivity contribution in [1.29, 1.82) is 0 Å². The van der Waals surface area contributed by atoms with Gasteiger partial charge in [0.1, 0.15) is 0 Å². The molecule has 20 heavy (non-hydrogen) atoms. The number of aliphatic hydroxyl groups is 1. The van der Waals surface area contributed by atoms with Gasteiger partial charge in [0.2, 0.25) is 0 Å². The fourth-order valence-corrected chi connectivity index (χ4v) is 3.29. The first-order valence-corrected chi connectivity index (χ1v) is 7.54. The molecule has 1 aliphatic carbocycles. The van der Waals surface area contributed by atoms with Gasteiger partial charge >= 0.3 is 0 Å². The van der Waals surface area contributed by atoms with Gasteiger partial charge in [0, 0.05) is 23.1 Å². The van der Waals surface area contributed by atoms with Gasteiger partial charge in [-0.1, -0.05) is 6.42 Å². The Morgan fingerprint density at radius 2 is 2.40 bits per heavy atom. The third-order valence-electron chi connectivity index (χ3n) is 3.88. The summed E-state index contributed by atoms with van der Waals surface area (Å²) in [6.07, 6.45) is 5.93. The normalized spacial score (nSPS) is 22.3. The fourth-order valence-electron chi connectivity index (χ4n) is 2.74. The molecule has 0 unspecified atom stereocenters. The lowest BCUT2D eigenvalue weighted by atomic mass is 10.1. The van der Waals surface area contributed by atoms with Gasteiger partial charge in [-0.2, -0.15) is 5.10 Å². The molecule has 1 aliphatic rings. The zero-order valence-corrected chi connectivity index (χ0v) is 12.5. The monoisotopic (exact) mass is 337 g/mol. The second-order valence-corrected chi connectivity index (χ2v) is 6.03. The Morgan fingerprint density at radius 1 is 1.55 bits per heavy atom. The lowest BCUT2D eigenvalue weighted by Crippen LogP contribution is -2.32. The number of nitrogens with zero attached hydrogens (tertiary/aromatic N) is 2. The summed E-state index contributed by atoms with van der Waals surface area (Å²) in [5, 5.41) is 16.8. The molecule has 0 radical (unpaired) electrons. The van der Waals surface area contributed by atoms with Crippen LogP contribution in [0.5, 0.6) is 0 Å². The predicted octanol–water partition coefficient (Wildman–Crippen LogP) is 1.99. The van der Waals surface area contributed by atoms with Crippen LogP contribution >= 0.6 is 15.9 Å². The number of aromatic nitrogens is 2. The minimum atomic E-state index is -0.286. The Hall–Kier alpha value is -1.40. The maximum Gasteiger partial charge on any atom is 0.255 e. The summed E-state index contributed by atoms with van der Waals surface area (Å²) in [7, 11) is 0. The average molecular weight is 338 g/mol. The quantitative estimate of drug-likeness (QED) is 0.899. The number of carbonyl (C=O) groups excluding carboxylic acids is 1. The van der Waals surface area contributed by atoms with Crippen LogP contribution in [0.4, 0.5) is 0 Å². The molecule has 0 spiro atoms. The van der Waals surface area contributed by atoms with Gasteiger partial charge in [0.15, 0.2) is 0 Å². The van der Waals surface area contributed by atoms with E-state index in [4.69, 9.17) is 0 Å². The van der Waals surface area contributed by atoms with Gasteiger partial charge < -0.3 is 10.4 Å². The number of pyridine rings is 1. The molecule has 0 aromatic carbocycles. The molecule has 2 aromatic heterocycles. The van der Waals surface area contributed by atoms with Crippen molar-refractivity contribution in [3.8, 4) is 0 Å². The Balaban J connectivity index is 1.76. The van der Waals surface area contributed by atoms with E-state index in [0.717, 1.165) is 29.3 Å². The van der Waals surface area contributed by atoms with E-state index < -0.39 is 0 Å². The molecule has 2 aromatic rings. The number of hydrogen-bond donors (Lipinski definition) is 2. The fraction of sp³-hybridized carbons (Fsp3) is 0.429. The molecule has 106 valence electrons. The second kappa shape index (κ2) is 5.54. The third-order valence-corrected chi connectivity index (χ3v) is 4.52. The highest BCUT2D eigenvalue weighted by molar-refractivity contribution is 9.10. The number of nitrogens with one attached hydrogen (secondary N) is 1. The van der Waals surface area contributed by atoms with E-state index in [9.17, 15) is 9.90 Å². The summed E-state index contributed by atoms with van der Waals surface area (Å²) in [6, 6.07) is 3.75. The summed E-state index contributed by atoms with van der Waals surface area (Å²) in [5.74, 6) is 0.0234. The molecule has 0 aliphatic heterocycles. The van der Waals surface area contributed by atoms with Crippen molar-refractivity contribution in [2.24, 2.45) is 5.92 Å². The van der Waals surface area contributed by atoms with Gasteiger partial charge in [0.25, 0.3) is 5.91 Å². The maximum atomic E-state index is 12.3. The number of amides is 1. The largest absolute Gasteiger partial charge is 0.393 e. The van der Waals surface area contributed by atoms with E-state index in [-0.39, 0.29) is 17.9 Å². The van der Waals surface area contributed by atoms with Crippen molar-refractivity contribution < 1.29 is 9.90 Å². The van der Waals surface area contributed by atoms with E-state index in [1.807, 2.05) is 12.1 Å². The molecule has 2 N–H and O–H groups in total. The zero-order chi connectivity index (χ0) is 14.1. The zero-order valence-electron chi connectivity index (χ0n) is 10.9. The average Bonchev–Trinajstić information content (AvgIpc) is 3.03. The highest BCUT2D eigenvalue weighted by Gasteiger charge is 2.26. The van der Waals surface area contributed by atoms with Crippen molar-refractivity contribution in [3.05, 3.63) is 34.6 Å². The minimum Gasteiger partial charge on any atom is -0.393 e. The first kappa shape index (κ1) is 13.6. The van der Waals surface area contributed by atoms with E-state index in [1.165, 1.54) is 0 Å². The van der Waals surface area contributed by atoms with Crippen molar-refractivity contribution in [2.45, 2.75) is 25.4 Å². The molecule has 2 atom stereocenters. The van der Waals surface area contributed by atoms with E-state index in [2.05, 4.69) is 26.3 Å². The van der Waals surface area contributed by atoms with E-state index >= 15 is 0 Å². The van der Waals surface area contributed by atoms with Crippen LogP contribution in [-0.4, -0.2) is 33.3 Å². The van der Waals surface area contributed by atoms with E-state index in [0.29, 0.717) is 12.1 Å². The van der Waals surface area contributed by atoms with Crippen LogP contribution < -0.4 is 5.32 Å². The molecule has 0 bridgehead atoms. The van der Waals surface area contributed by atoms with Gasteiger partial charge in [0.05, 0.1) is 23.4 Å². The number of aliphatic hydroxyl groups excluding tert-OH is 1. The summed E-state index contributed by atoms with van der Waals surface area (Å²) >= 11 is 3.44. The first-order chi connectivity index (χ1) is 9.66. The molecule has 5 nitrogen and oxygen atoms in total. The summed E-state index contributed by atoms with van der Waals surface area (Å²) in [4.78, 5) is 12.3. The maximum absolute atomic E-state index is 12.3. The van der Waals surface area contributed by atoms with Gasteiger partial charge in [-0.15, -0.1) is 0 Å². The Morgan fingerprint density at radius 3 is 3.15 bits per heavy atom. The molecule has 3 rings (SSSR count). The van der Waals surface area contributed by atoms with Crippen LogP contribution in [0.15, 0.2) is 29.0 Å². The minimum absolute atomic E-state index is 0.147. The molecule has 0 saturated heterocycles. The van der Waals surface area contributed by atoms with Crippen LogP contribution in [0.1, 0.15) is 29.6 Å². The number of halogens is 1. The molecular formula is C14H16BrN3O2. The molecule has 6 heteroatoms. The molecule has 2 heterocycles. The Kier molecular flexibility index (Phi) is 3.76. The lowest BCUT2D eigenvalue weighted by Gasteiger charge is -2.14. The van der Waals surface area contributed by atoms with Crippen molar-refractivity contribution in [2.75, 3.05) is 6.54 Å². The first-order valence-electron chi connectivity index (χ1n) is 6.75. The molecule has 1 saturated carbocycles. The number of hydrogen-bond acceptors (Lipinski definition) is 3. The summed E-state index contributed by atoms with van der Waals surface area (Å²) < 4.78 is 2.51. The summed E-state index contributed by atoms with van der Waals surface area (Å²) in [6.45, 7) is 0.516. The van der Waals surface area contributed by atoms with Crippen molar-refractivity contribution in [1.82, 2.24) is 14.9 Å². The molecule has 1 amide bonds. The van der Waals surface area contributed by atoms with Crippen LogP contribution in [-0.2, 0) is 0 Å². The highest BCUT2D eigenvalue weighted by Crippen LogP contribution is 2.25. The third kappa shape index (κ3) is 2.45. The smallest absolute Gasteiger partial charge is 0.255 e. The highest BCUT2D eigenvalue weighted by atomic mass is 79.9. The van der Waals surface area contributed by atoms with Gasteiger partial charge in [-0.3, -0.25) is 4.79 Å². The van der Waals surface area contributed by atoms with Crippen LogP contribution in [0, 0.1) is 5.92 Å². The Bertz CT molecular complexity index is 640. The topological polar surface area (TPSA) is 66.6 Å². The van der Waals surface area contributed by atoms with Crippen LogP contribution in [0.2, 0.25) is 0 Å². The van der Waals surface area contributed by atoms with E-state index in [1.54, 1.807) is 16.9 Å². The molecule has 1 fully saturated rings. The standard InChI is InChI=1S/C14H16BrN3O2/c15-11-4-2-6-18-13(11)10(8-17-18)14(20)16-7-9-3-1-5-12(9)19/h2,4,6,8-9,12,19H,1,3,5,7H2,(H,16,20)/t9-,12+/m1/s1. The van der Waals surface area contributed by atoms with Crippen LogP contribution in [0.25, 0.3) is 5.52 Å². The summed E-state index contributed by atoms with van der Waals surface area (Å²) in [5.41, 5.74) is 1.31. The lowest BCUT2D eigenvalue weighted by molar-refractivity contribution is 0.0918. The van der Waals surface area contributed by atoms with Gasteiger partial charge in [-0.05, 0) is 40.9 Å². The predicted molar refractivity (Wildman–Crippen MR) is 78.6 cm³/mol. The Labute approximate surface area is 125 Å². The number of fused-ring (bicyclic) bond motifs is 1. The number of carbonyl (C=O) groups is 1. The SMILES string of the molecule is O=C(NC[C@H]1CCC[C@@H]1O)c1cnn2cccc(Br)c12. The number of rotatable bonds is 3. The van der Waals surface area contributed by atoms with Crippen LogP contribution in [0.3, 0.4) is 0 Å². The second-order valence-electron chi connectivity index (χ2n) is 5.18. The molecular weight excluding hydrogens is 322 g/mol. The van der Waals surface area contributed by atoms with Crippen molar-refractivity contribution >= 4 is 27.4 Å². The van der Waals surface area contributed by atoms with Crippen molar-refractivity contribution in [3.63, 3.8) is 0 Å². The van der Waals surface area contributed by atoms with Gasteiger partial charge in [-0.25, -0.2) is 4.52 Å².